The Morgan fingerprint density at radius 3 is 2.73 bits per heavy atom. The van der Waals surface area contributed by atoms with E-state index in [0.29, 0.717) is 18.5 Å². The van der Waals surface area contributed by atoms with Crippen molar-refractivity contribution < 1.29 is 33.0 Å². The van der Waals surface area contributed by atoms with E-state index in [0.717, 1.165) is 0 Å². The average Bonchev–Trinajstić information content (AvgIpc) is 2.98. The van der Waals surface area contributed by atoms with Crippen molar-refractivity contribution in [3.63, 3.8) is 0 Å². The van der Waals surface area contributed by atoms with Gasteiger partial charge in [-0.25, -0.2) is 4.79 Å². The van der Waals surface area contributed by atoms with Gasteiger partial charge in [0.1, 0.15) is 0 Å². The standard InChI is InChI=1S/C17H22F2N2O5/c1-3-25-12-6-4-5-11(13(12)26-15(18)19)9-20-16(24)21-8-7-17(2,10-21)14(22)23/h4-6,15H,3,7-10H2,1-2H3,(H,20,24)(H,22,23). The van der Waals surface area contributed by atoms with Gasteiger partial charge < -0.3 is 24.8 Å². The molecule has 1 atom stereocenters. The Bertz CT molecular complexity index is 671. The smallest absolute Gasteiger partial charge is 0.387 e. The number of halogens is 2. The van der Waals surface area contributed by atoms with Gasteiger partial charge in [-0.3, -0.25) is 4.79 Å². The van der Waals surface area contributed by atoms with E-state index >= 15 is 0 Å². The van der Waals surface area contributed by atoms with Crippen LogP contribution in [0.5, 0.6) is 11.5 Å². The van der Waals surface area contributed by atoms with Crippen LogP contribution >= 0.6 is 0 Å². The number of rotatable bonds is 7. The molecule has 2 amide bonds. The van der Waals surface area contributed by atoms with E-state index in [1.807, 2.05) is 0 Å². The molecule has 0 aliphatic carbocycles. The molecule has 9 heteroatoms. The first kappa shape index (κ1) is 19.7. The Balaban J connectivity index is 2.06. The molecule has 144 valence electrons. The Hall–Kier alpha value is -2.58. The molecule has 1 aromatic carbocycles. The van der Waals surface area contributed by atoms with Crippen molar-refractivity contribution in [3.05, 3.63) is 23.8 Å². The summed E-state index contributed by atoms with van der Waals surface area (Å²) >= 11 is 0. The molecule has 1 unspecified atom stereocenters. The second-order valence-corrected chi connectivity index (χ2v) is 6.25. The lowest BCUT2D eigenvalue weighted by Crippen LogP contribution is -2.40. The molecule has 0 radical (unpaired) electrons. The highest BCUT2D eigenvalue weighted by Crippen LogP contribution is 2.33. The monoisotopic (exact) mass is 372 g/mol. The minimum atomic E-state index is -3.03. The van der Waals surface area contributed by atoms with Gasteiger partial charge in [-0.15, -0.1) is 0 Å². The minimum Gasteiger partial charge on any atom is -0.490 e. The first-order chi connectivity index (χ1) is 12.3. The summed E-state index contributed by atoms with van der Waals surface area (Å²) in [6.45, 7) is 0.900. The number of nitrogens with one attached hydrogen (secondary N) is 1. The van der Waals surface area contributed by atoms with Crippen molar-refractivity contribution in [1.82, 2.24) is 10.2 Å². The van der Waals surface area contributed by atoms with Crippen LogP contribution in [0.3, 0.4) is 0 Å². The highest BCUT2D eigenvalue weighted by atomic mass is 19.3. The largest absolute Gasteiger partial charge is 0.490 e. The van der Waals surface area contributed by atoms with E-state index in [1.54, 1.807) is 26.0 Å². The Labute approximate surface area is 149 Å². The molecule has 1 aliphatic rings. The zero-order valence-electron chi connectivity index (χ0n) is 14.6. The van der Waals surface area contributed by atoms with Crippen molar-refractivity contribution in [2.24, 2.45) is 5.41 Å². The van der Waals surface area contributed by atoms with Crippen LogP contribution in [-0.4, -0.2) is 48.3 Å². The number of nitrogens with zero attached hydrogens (tertiary/aromatic N) is 1. The molecule has 1 aromatic rings. The van der Waals surface area contributed by atoms with Crippen LogP contribution in [0.2, 0.25) is 0 Å². The third kappa shape index (κ3) is 4.53. The Morgan fingerprint density at radius 1 is 1.42 bits per heavy atom. The van der Waals surface area contributed by atoms with Gasteiger partial charge in [-0.2, -0.15) is 8.78 Å². The summed E-state index contributed by atoms with van der Waals surface area (Å²) in [4.78, 5) is 24.9. The van der Waals surface area contributed by atoms with Crippen LogP contribution in [0.4, 0.5) is 13.6 Å². The van der Waals surface area contributed by atoms with E-state index in [-0.39, 0.29) is 31.2 Å². The number of benzene rings is 1. The van der Waals surface area contributed by atoms with Gasteiger partial charge in [0.25, 0.3) is 0 Å². The molecule has 0 bridgehead atoms. The molecule has 1 saturated heterocycles. The molecule has 1 fully saturated rings. The van der Waals surface area contributed by atoms with Crippen LogP contribution < -0.4 is 14.8 Å². The van der Waals surface area contributed by atoms with E-state index in [9.17, 15) is 23.5 Å². The van der Waals surface area contributed by atoms with Gasteiger partial charge in [0.05, 0.1) is 12.0 Å². The lowest BCUT2D eigenvalue weighted by atomic mass is 9.90. The fraction of sp³-hybridized carbons (Fsp3) is 0.529. The van der Waals surface area contributed by atoms with E-state index in [2.05, 4.69) is 10.1 Å². The number of hydrogen-bond acceptors (Lipinski definition) is 4. The molecule has 0 saturated carbocycles. The van der Waals surface area contributed by atoms with Gasteiger partial charge in [0, 0.05) is 25.2 Å². The lowest BCUT2D eigenvalue weighted by molar-refractivity contribution is -0.147. The molecule has 0 aromatic heterocycles. The SMILES string of the molecule is CCOc1cccc(CNC(=O)N2CCC(C)(C(=O)O)C2)c1OC(F)F. The summed E-state index contributed by atoms with van der Waals surface area (Å²) in [6, 6.07) is 4.21. The van der Waals surface area contributed by atoms with E-state index < -0.39 is 24.0 Å². The number of carbonyl (C=O) groups excluding carboxylic acids is 1. The Kier molecular flexibility index (Phi) is 6.23. The van der Waals surface area contributed by atoms with Gasteiger partial charge in [-0.05, 0) is 26.3 Å². The number of likely N-dealkylation sites (tertiary alicyclic amines) is 1. The van der Waals surface area contributed by atoms with Crippen molar-refractivity contribution in [2.45, 2.75) is 33.4 Å². The summed E-state index contributed by atoms with van der Waals surface area (Å²) in [5.41, 5.74) is -0.638. The number of carboxylic acid groups (broad SMARTS) is 1. The van der Waals surface area contributed by atoms with Crippen LogP contribution in [-0.2, 0) is 11.3 Å². The summed E-state index contributed by atoms with van der Waals surface area (Å²) in [7, 11) is 0. The number of alkyl halides is 2. The third-order valence-corrected chi connectivity index (χ3v) is 4.27. The molecule has 26 heavy (non-hydrogen) atoms. The second-order valence-electron chi connectivity index (χ2n) is 6.25. The fourth-order valence-corrected chi connectivity index (χ4v) is 2.78. The normalized spacial score (nSPS) is 19.5. The maximum Gasteiger partial charge on any atom is 0.387 e. The number of urea groups is 1. The van der Waals surface area contributed by atoms with Crippen molar-refractivity contribution in [2.75, 3.05) is 19.7 Å². The van der Waals surface area contributed by atoms with E-state index in [4.69, 9.17) is 4.74 Å². The number of carboxylic acids is 1. The maximum atomic E-state index is 12.7. The summed E-state index contributed by atoms with van der Waals surface area (Å²) in [5, 5.41) is 11.8. The zero-order chi connectivity index (χ0) is 19.3. The van der Waals surface area contributed by atoms with Crippen LogP contribution in [0.1, 0.15) is 25.8 Å². The highest BCUT2D eigenvalue weighted by Gasteiger charge is 2.42. The molecule has 7 nitrogen and oxygen atoms in total. The highest BCUT2D eigenvalue weighted by molar-refractivity contribution is 5.79. The maximum absolute atomic E-state index is 12.7. The van der Waals surface area contributed by atoms with E-state index in [1.165, 1.54) is 11.0 Å². The van der Waals surface area contributed by atoms with Gasteiger partial charge >= 0.3 is 18.6 Å². The number of carbonyl (C=O) groups is 2. The van der Waals surface area contributed by atoms with Crippen molar-refractivity contribution in [1.29, 1.82) is 0 Å². The molecule has 1 aliphatic heterocycles. The number of ether oxygens (including phenoxy) is 2. The molecule has 2 N–H and O–H groups in total. The van der Waals surface area contributed by atoms with Gasteiger partial charge in [0.15, 0.2) is 11.5 Å². The predicted molar refractivity (Wildman–Crippen MR) is 88.4 cm³/mol. The second kappa shape index (κ2) is 8.20. The molecular weight excluding hydrogens is 350 g/mol. The average molecular weight is 372 g/mol. The summed E-state index contributed by atoms with van der Waals surface area (Å²) in [5.74, 6) is -0.912. The van der Waals surface area contributed by atoms with Gasteiger partial charge in [-0.1, -0.05) is 12.1 Å². The predicted octanol–water partition coefficient (Wildman–Crippen LogP) is 2.69. The summed E-state index contributed by atoms with van der Waals surface area (Å²) in [6.07, 6.45) is 0.356. The Morgan fingerprint density at radius 2 is 2.15 bits per heavy atom. The van der Waals surface area contributed by atoms with Crippen molar-refractivity contribution in [3.8, 4) is 11.5 Å². The third-order valence-electron chi connectivity index (χ3n) is 4.27. The molecule has 0 spiro atoms. The molecular formula is C17H22F2N2O5. The van der Waals surface area contributed by atoms with Gasteiger partial charge in [0.2, 0.25) is 0 Å². The number of amides is 2. The lowest BCUT2D eigenvalue weighted by Gasteiger charge is -2.21. The topological polar surface area (TPSA) is 88.1 Å². The number of hydrogen-bond donors (Lipinski definition) is 2. The fourth-order valence-electron chi connectivity index (χ4n) is 2.78. The molecule has 2 rings (SSSR count). The summed E-state index contributed by atoms with van der Waals surface area (Å²) < 4.78 is 35.2. The minimum absolute atomic E-state index is 0.0535. The number of para-hydroxylation sites is 1. The number of aliphatic carboxylic acids is 1. The van der Waals surface area contributed by atoms with Crippen LogP contribution in [0.15, 0.2) is 18.2 Å². The van der Waals surface area contributed by atoms with Crippen molar-refractivity contribution >= 4 is 12.0 Å². The first-order valence-corrected chi connectivity index (χ1v) is 8.22. The molecule has 1 heterocycles. The first-order valence-electron chi connectivity index (χ1n) is 8.22. The quantitative estimate of drug-likeness (QED) is 0.768. The van der Waals surface area contributed by atoms with Crippen LogP contribution in [0, 0.1) is 5.41 Å². The van der Waals surface area contributed by atoms with Crippen LogP contribution in [0.25, 0.3) is 0 Å². The zero-order valence-corrected chi connectivity index (χ0v) is 14.6.